The van der Waals surface area contributed by atoms with Crippen molar-refractivity contribution in [2.24, 2.45) is 4.99 Å². The van der Waals surface area contributed by atoms with Crippen LogP contribution in [0.5, 0.6) is 0 Å². The van der Waals surface area contributed by atoms with Crippen molar-refractivity contribution in [1.29, 1.82) is 0 Å². The molecule has 0 saturated heterocycles. The molecule has 0 amide bonds. The van der Waals surface area contributed by atoms with E-state index < -0.39 is 0 Å². The molecule has 0 radical (unpaired) electrons. The van der Waals surface area contributed by atoms with E-state index in [1.165, 1.54) is 18.4 Å². The Balaban J connectivity index is 1.58. The molecule has 25 heavy (non-hydrogen) atoms. The second-order valence-electron chi connectivity index (χ2n) is 6.48. The van der Waals surface area contributed by atoms with E-state index >= 15 is 0 Å². The van der Waals surface area contributed by atoms with Crippen molar-refractivity contribution in [3.05, 3.63) is 64.4 Å². The topological polar surface area (TPSA) is 49.3 Å². The molecule has 2 N–H and O–H groups in total. The molecule has 3 rings (SSSR count). The van der Waals surface area contributed by atoms with E-state index in [-0.39, 0.29) is 5.41 Å². The molecule has 0 aliphatic heterocycles. The predicted octanol–water partition coefficient (Wildman–Crippen LogP) is 3.67. The molecule has 5 heteroatoms. The SMILES string of the molecule is CCNC(=NCC1(c2cccc(Br)c2)CC1)NCCc1ccccn1. The maximum Gasteiger partial charge on any atom is 0.191 e. The van der Waals surface area contributed by atoms with Crippen LogP contribution in [0.15, 0.2) is 58.1 Å². The summed E-state index contributed by atoms with van der Waals surface area (Å²) in [6.07, 6.45) is 5.14. The van der Waals surface area contributed by atoms with Crippen LogP contribution in [0.3, 0.4) is 0 Å². The number of hydrogen-bond donors (Lipinski definition) is 2. The minimum atomic E-state index is 0.215. The lowest BCUT2D eigenvalue weighted by Crippen LogP contribution is -2.39. The number of halogens is 1. The number of pyridine rings is 1. The van der Waals surface area contributed by atoms with Gasteiger partial charge in [0.25, 0.3) is 0 Å². The number of aliphatic imine (C=N–C) groups is 1. The summed E-state index contributed by atoms with van der Waals surface area (Å²) in [5, 5.41) is 6.76. The van der Waals surface area contributed by atoms with E-state index in [1.54, 1.807) is 0 Å². The van der Waals surface area contributed by atoms with Gasteiger partial charge in [0.1, 0.15) is 0 Å². The van der Waals surface area contributed by atoms with Gasteiger partial charge >= 0.3 is 0 Å². The molecule has 1 saturated carbocycles. The van der Waals surface area contributed by atoms with E-state index in [0.717, 1.165) is 42.2 Å². The Bertz CT molecular complexity index is 711. The van der Waals surface area contributed by atoms with Gasteiger partial charge in [-0.2, -0.15) is 0 Å². The molecule has 1 fully saturated rings. The first-order valence-electron chi connectivity index (χ1n) is 8.90. The van der Waals surface area contributed by atoms with Crippen LogP contribution in [0, 0.1) is 0 Å². The highest BCUT2D eigenvalue weighted by molar-refractivity contribution is 9.10. The molecule has 0 spiro atoms. The second kappa shape index (κ2) is 8.48. The summed E-state index contributed by atoms with van der Waals surface area (Å²) < 4.78 is 1.14. The molecule has 0 bridgehead atoms. The standard InChI is InChI=1S/C20H25BrN4/c1-2-22-19(24-13-9-18-8-3-4-12-23-18)25-15-20(10-11-20)16-6-5-7-17(21)14-16/h3-8,12,14H,2,9-11,13,15H2,1H3,(H2,22,24,25). The number of hydrogen-bond acceptors (Lipinski definition) is 2. The highest BCUT2D eigenvalue weighted by Crippen LogP contribution is 2.48. The summed E-state index contributed by atoms with van der Waals surface area (Å²) in [6, 6.07) is 14.7. The summed E-state index contributed by atoms with van der Waals surface area (Å²) in [7, 11) is 0. The van der Waals surface area contributed by atoms with Crippen molar-refractivity contribution < 1.29 is 0 Å². The molecule has 132 valence electrons. The first-order chi connectivity index (χ1) is 12.2. The van der Waals surface area contributed by atoms with Gasteiger partial charge in [0, 0.05) is 41.3 Å². The summed E-state index contributed by atoms with van der Waals surface area (Å²) in [4.78, 5) is 9.20. The average Bonchev–Trinajstić information content (AvgIpc) is 3.42. The van der Waals surface area contributed by atoms with Crippen LogP contribution >= 0.6 is 15.9 Å². The molecule has 2 aromatic rings. The molecular weight excluding hydrogens is 376 g/mol. The van der Waals surface area contributed by atoms with Crippen molar-refractivity contribution >= 4 is 21.9 Å². The van der Waals surface area contributed by atoms with Gasteiger partial charge in [-0.3, -0.25) is 9.98 Å². The van der Waals surface area contributed by atoms with Gasteiger partial charge in [-0.1, -0.05) is 34.1 Å². The molecule has 1 aromatic carbocycles. The van der Waals surface area contributed by atoms with E-state index in [2.05, 4.69) is 68.8 Å². The third-order valence-corrected chi connectivity index (χ3v) is 5.07. The number of guanidine groups is 1. The van der Waals surface area contributed by atoms with Crippen LogP contribution in [-0.4, -0.2) is 30.6 Å². The molecule has 0 unspecified atom stereocenters. The third kappa shape index (κ3) is 5.05. The van der Waals surface area contributed by atoms with Crippen molar-refractivity contribution in [2.45, 2.75) is 31.6 Å². The van der Waals surface area contributed by atoms with Crippen molar-refractivity contribution in [1.82, 2.24) is 15.6 Å². The average molecular weight is 401 g/mol. The van der Waals surface area contributed by atoms with Crippen LogP contribution in [0.1, 0.15) is 31.0 Å². The zero-order valence-electron chi connectivity index (χ0n) is 14.6. The van der Waals surface area contributed by atoms with Crippen molar-refractivity contribution in [2.75, 3.05) is 19.6 Å². The number of nitrogens with one attached hydrogen (secondary N) is 2. The zero-order valence-corrected chi connectivity index (χ0v) is 16.2. The highest BCUT2D eigenvalue weighted by Gasteiger charge is 2.44. The quantitative estimate of drug-likeness (QED) is 0.550. The van der Waals surface area contributed by atoms with E-state index in [9.17, 15) is 0 Å². The summed E-state index contributed by atoms with van der Waals surface area (Å²) in [6.45, 7) is 4.60. The van der Waals surface area contributed by atoms with E-state index in [1.807, 2.05) is 18.3 Å². The Labute approximate surface area is 158 Å². The maximum absolute atomic E-state index is 4.84. The Kier molecular flexibility index (Phi) is 6.08. The minimum absolute atomic E-state index is 0.215. The lowest BCUT2D eigenvalue weighted by molar-refractivity contribution is 0.691. The van der Waals surface area contributed by atoms with Crippen LogP contribution < -0.4 is 10.6 Å². The lowest BCUT2D eigenvalue weighted by atomic mass is 9.96. The Morgan fingerprint density at radius 1 is 1.20 bits per heavy atom. The van der Waals surface area contributed by atoms with E-state index in [0.29, 0.717) is 0 Å². The normalized spacial score (nSPS) is 15.7. The number of aromatic nitrogens is 1. The fourth-order valence-corrected chi connectivity index (χ4v) is 3.33. The maximum atomic E-state index is 4.84. The van der Waals surface area contributed by atoms with Crippen LogP contribution in [-0.2, 0) is 11.8 Å². The zero-order chi connectivity index (χ0) is 17.5. The van der Waals surface area contributed by atoms with E-state index in [4.69, 9.17) is 4.99 Å². The molecular formula is C20H25BrN4. The van der Waals surface area contributed by atoms with Crippen molar-refractivity contribution in [3.8, 4) is 0 Å². The first-order valence-corrected chi connectivity index (χ1v) is 9.69. The third-order valence-electron chi connectivity index (χ3n) is 4.57. The van der Waals surface area contributed by atoms with Gasteiger partial charge in [-0.05, 0) is 49.6 Å². The fraction of sp³-hybridized carbons (Fsp3) is 0.400. The molecule has 1 aliphatic carbocycles. The fourth-order valence-electron chi connectivity index (χ4n) is 2.93. The second-order valence-corrected chi connectivity index (χ2v) is 7.40. The van der Waals surface area contributed by atoms with Crippen LogP contribution in [0.4, 0.5) is 0 Å². The van der Waals surface area contributed by atoms with Crippen LogP contribution in [0.2, 0.25) is 0 Å². The number of nitrogens with zero attached hydrogens (tertiary/aromatic N) is 2. The lowest BCUT2D eigenvalue weighted by Gasteiger charge is -2.16. The molecule has 4 nitrogen and oxygen atoms in total. The number of benzene rings is 1. The molecule has 1 aromatic heterocycles. The summed E-state index contributed by atoms with van der Waals surface area (Å²) in [5.41, 5.74) is 2.70. The summed E-state index contributed by atoms with van der Waals surface area (Å²) in [5.74, 6) is 0.889. The monoisotopic (exact) mass is 400 g/mol. The smallest absolute Gasteiger partial charge is 0.191 e. The molecule has 0 atom stereocenters. The van der Waals surface area contributed by atoms with Gasteiger partial charge in [0.15, 0.2) is 5.96 Å². The Morgan fingerprint density at radius 2 is 2.08 bits per heavy atom. The number of rotatable bonds is 7. The highest BCUT2D eigenvalue weighted by atomic mass is 79.9. The first kappa shape index (κ1) is 17.9. The van der Waals surface area contributed by atoms with Gasteiger partial charge < -0.3 is 10.6 Å². The predicted molar refractivity (Wildman–Crippen MR) is 107 cm³/mol. The molecule has 1 heterocycles. The van der Waals surface area contributed by atoms with Gasteiger partial charge in [-0.25, -0.2) is 0 Å². The Hall–Kier alpha value is -1.88. The van der Waals surface area contributed by atoms with Gasteiger partial charge in [0.2, 0.25) is 0 Å². The van der Waals surface area contributed by atoms with Gasteiger partial charge in [-0.15, -0.1) is 0 Å². The minimum Gasteiger partial charge on any atom is -0.357 e. The largest absolute Gasteiger partial charge is 0.357 e. The molecule has 1 aliphatic rings. The van der Waals surface area contributed by atoms with Gasteiger partial charge in [0.05, 0.1) is 6.54 Å². The Morgan fingerprint density at radius 3 is 2.76 bits per heavy atom. The van der Waals surface area contributed by atoms with Crippen molar-refractivity contribution in [3.63, 3.8) is 0 Å². The van der Waals surface area contributed by atoms with Crippen LogP contribution in [0.25, 0.3) is 0 Å². The summed E-state index contributed by atoms with van der Waals surface area (Å²) >= 11 is 3.58.